The lowest BCUT2D eigenvalue weighted by Gasteiger charge is -2.02. The standard InChI is InChI=1S/C11H19/c1-6-7-11(10(4)5)8-9(2)3/h6-7H2,1-5H3. The van der Waals surface area contributed by atoms with Crippen LogP contribution in [-0.2, 0) is 0 Å². The molecule has 0 saturated carbocycles. The molecule has 11 heavy (non-hydrogen) atoms. The number of allylic oxidation sites excluding steroid dienone is 4. The average molecular weight is 151 g/mol. The summed E-state index contributed by atoms with van der Waals surface area (Å²) in [6.45, 7) is 10.7. The molecule has 0 aromatic rings. The average Bonchev–Trinajstić information content (AvgIpc) is 1.86. The number of hydrogen-bond acceptors (Lipinski definition) is 0. The summed E-state index contributed by atoms with van der Waals surface area (Å²) < 4.78 is 0. The highest BCUT2D eigenvalue weighted by molar-refractivity contribution is 5.20. The summed E-state index contributed by atoms with van der Waals surface area (Å²) in [6, 6.07) is 0. The van der Waals surface area contributed by atoms with Crippen molar-refractivity contribution >= 4 is 0 Å². The van der Waals surface area contributed by atoms with E-state index in [1.165, 1.54) is 23.1 Å². The Balaban J connectivity index is 4.38. The van der Waals surface area contributed by atoms with Crippen LogP contribution in [0, 0.1) is 6.08 Å². The molecule has 0 heterocycles. The zero-order valence-electron chi connectivity index (χ0n) is 8.41. The molecule has 0 aromatic heterocycles. The van der Waals surface area contributed by atoms with Crippen molar-refractivity contribution in [3.8, 4) is 0 Å². The Kier molecular flexibility index (Phi) is 4.93. The normalized spacial score (nSPS) is 9.18. The summed E-state index contributed by atoms with van der Waals surface area (Å²) in [5.74, 6) is 0. The Hall–Kier alpha value is -0.520. The summed E-state index contributed by atoms with van der Waals surface area (Å²) in [6.07, 6.45) is 5.75. The largest absolute Gasteiger partial charge is 0.0726 e. The number of hydrogen-bond donors (Lipinski definition) is 0. The van der Waals surface area contributed by atoms with Crippen molar-refractivity contribution < 1.29 is 0 Å². The molecule has 0 unspecified atom stereocenters. The van der Waals surface area contributed by atoms with Crippen molar-refractivity contribution in [3.05, 3.63) is 22.8 Å². The van der Waals surface area contributed by atoms with Crippen LogP contribution in [0.4, 0.5) is 0 Å². The molecule has 0 aromatic carbocycles. The van der Waals surface area contributed by atoms with Crippen LogP contribution in [0.5, 0.6) is 0 Å². The van der Waals surface area contributed by atoms with E-state index in [9.17, 15) is 0 Å². The van der Waals surface area contributed by atoms with Crippen molar-refractivity contribution in [2.75, 3.05) is 0 Å². The minimum absolute atomic E-state index is 1.16. The Bertz CT molecular complexity index is 162. The first-order valence-corrected chi connectivity index (χ1v) is 4.31. The predicted molar refractivity (Wildman–Crippen MR) is 51.4 cm³/mol. The summed E-state index contributed by atoms with van der Waals surface area (Å²) in [7, 11) is 0. The summed E-state index contributed by atoms with van der Waals surface area (Å²) in [5.41, 5.74) is 4.05. The Morgan fingerprint density at radius 2 is 1.64 bits per heavy atom. The maximum atomic E-state index is 3.38. The molecule has 1 radical (unpaired) electrons. The molecule has 0 nitrogen and oxygen atoms in total. The lowest BCUT2D eigenvalue weighted by molar-refractivity contribution is 0.903. The third-order valence-corrected chi connectivity index (χ3v) is 1.50. The van der Waals surface area contributed by atoms with Gasteiger partial charge in [0.2, 0.25) is 0 Å². The van der Waals surface area contributed by atoms with Gasteiger partial charge < -0.3 is 0 Å². The van der Waals surface area contributed by atoms with Crippen LogP contribution in [0.15, 0.2) is 16.7 Å². The van der Waals surface area contributed by atoms with Crippen LogP contribution < -0.4 is 0 Å². The van der Waals surface area contributed by atoms with Gasteiger partial charge >= 0.3 is 0 Å². The molecule has 0 aliphatic carbocycles. The van der Waals surface area contributed by atoms with E-state index in [1.807, 2.05) is 0 Å². The zero-order valence-corrected chi connectivity index (χ0v) is 8.41. The third kappa shape index (κ3) is 4.83. The third-order valence-electron chi connectivity index (χ3n) is 1.50. The second kappa shape index (κ2) is 5.17. The molecule has 0 amide bonds. The van der Waals surface area contributed by atoms with Crippen LogP contribution >= 0.6 is 0 Å². The van der Waals surface area contributed by atoms with E-state index in [0.717, 1.165) is 6.42 Å². The Morgan fingerprint density at radius 1 is 1.09 bits per heavy atom. The Labute approximate surface area is 71.0 Å². The topological polar surface area (TPSA) is 0 Å². The first-order chi connectivity index (χ1) is 5.07. The zero-order chi connectivity index (χ0) is 8.85. The first kappa shape index (κ1) is 10.5. The van der Waals surface area contributed by atoms with Gasteiger partial charge in [0.15, 0.2) is 0 Å². The molecule has 0 atom stereocenters. The molecule has 0 N–H and O–H groups in total. The summed E-state index contributed by atoms with van der Waals surface area (Å²) in [5, 5.41) is 0. The summed E-state index contributed by atoms with van der Waals surface area (Å²) >= 11 is 0. The van der Waals surface area contributed by atoms with Crippen LogP contribution in [0.2, 0.25) is 0 Å². The van der Waals surface area contributed by atoms with Gasteiger partial charge in [-0.2, -0.15) is 0 Å². The van der Waals surface area contributed by atoms with Gasteiger partial charge in [0.1, 0.15) is 0 Å². The minimum atomic E-state index is 1.16. The maximum Gasteiger partial charge on any atom is -0.0164 e. The quantitative estimate of drug-likeness (QED) is 0.537. The van der Waals surface area contributed by atoms with Gasteiger partial charge in [0.25, 0.3) is 0 Å². The van der Waals surface area contributed by atoms with Crippen LogP contribution in [0.1, 0.15) is 47.5 Å². The maximum absolute atomic E-state index is 3.38. The lowest BCUT2D eigenvalue weighted by atomic mass is 10.0. The molecular formula is C11H19. The molecule has 0 bridgehead atoms. The predicted octanol–water partition coefficient (Wildman–Crippen LogP) is 3.89. The van der Waals surface area contributed by atoms with Crippen LogP contribution in [-0.4, -0.2) is 0 Å². The highest BCUT2D eigenvalue weighted by atomic mass is 14.0. The van der Waals surface area contributed by atoms with Gasteiger partial charge in [-0.15, -0.1) is 0 Å². The van der Waals surface area contributed by atoms with Gasteiger partial charge in [0.05, 0.1) is 0 Å². The van der Waals surface area contributed by atoms with Crippen molar-refractivity contribution in [2.24, 2.45) is 0 Å². The molecular weight excluding hydrogens is 132 g/mol. The molecule has 0 aliphatic rings. The second-order valence-electron chi connectivity index (χ2n) is 3.35. The molecule has 0 aliphatic heterocycles. The van der Waals surface area contributed by atoms with Gasteiger partial charge in [-0.3, -0.25) is 0 Å². The molecule has 0 heteroatoms. The van der Waals surface area contributed by atoms with E-state index in [1.54, 1.807) is 0 Å². The van der Waals surface area contributed by atoms with Crippen LogP contribution in [0.3, 0.4) is 0 Å². The van der Waals surface area contributed by atoms with Crippen molar-refractivity contribution in [2.45, 2.75) is 47.5 Å². The molecule has 0 rings (SSSR count). The van der Waals surface area contributed by atoms with Gasteiger partial charge in [-0.25, -0.2) is 0 Å². The highest BCUT2D eigenvalue weighted by Gasteiger charge is 1.94. The lowest BCUT2D eigenvalue weighted by Crippen LogP contribution is -1.83. The van der Waals surface area contributed by atoms with Crippen LogP contribution in [0.25, 0.3) is 0 Å². The Morgan fingerprint density at radius 3 is 1.91 bits per heavy atom. The fourth-order valence-corrected chi connectivity index (χ4v) is 0.989. The first-order valence-electron chi connectivity index (χ1n) is 4.31. The van der Waals surface area contributed by atoms with Crippen molar-refractivity contribution in [1.82, 2.24) is 0 Å². The second-order valence-corrected chi connectivity index (χ2v) is 3.35. The number of rotatable bonds is 3. The van der Waals surface area contributed by atoms with Gasteiger partial charge in [-0.05, 0) is 45.8 Å². The van der Waals surface area contributed by atoms with E-state index < -0.39 is 0 Å². The highest BCUT2D eigenvalue weighted by Crippen LogP contribution is 2.12. The van der Waals surface area contributed by atoms with Crippen molar-refractivity contribution in [3.63, 3.8) is 0 Å². The molecule has 0 spiro atoms. The fraction of sp³-hybridized carbons (Fsp3) is 0.636. The summed E-state index contributed by atoms with van der Waals surface area (Å²) in [4.78, 5) is 0. The minimum Gasteiger partial charge on any atom is -0.0726 e. The van der Waals surface area contributed by atoms with E-state index in [0.29, 0.717) is 0 Å². The van der Waals surface area contributed by atoms with Gasteiger partial charge in [0, 0.05) is 0 Å². The smallest absolute Gasteiger partial charge is 0.0164 e. The van der Waals surface area contributed by atoms with E-state index in [-0.39, 0.29) is 0 Å². The monoisotopic (exact) mass is 151 g/mol. The van der Waals surface area contributed by atoms with Crippen molar-refractivity contribution in [1.29, 1.82) is 0 Å². The fourth-order valence-electron chi connectivity index (χ4n) is 0.989. The SMILES string of the molecule is CCCC([C]=C(C)C)=C(C)C. The van der Waals surface area contributed by atoms with Gasteiger partial charge in [-0.1, -0.05) is 24.5 Å². The van der Waals surface area contributed by atoms with E-state index in [4.69, 9.17) is 0 Å². The molecule has 0 fully saturated rings. The molecule has 0 saturated heterocycles. The molecule has 63 valence electrons. The van der Waals surface area contributed by atoms with E-state index >= 15 is 0 Å². The van der Waals surface area contributed by atoms with E-state index in [2.05, 4.69) is 40.7 Å².